The Hall–Kier alpha value is -3.12. The van der Waals surface area contributed by atoms with Gasteiger partial charge in [0.05, 0.1) is 19.4 Å². The summed E-state index contributed by atoms with van der Waals surface area (Å²) in [5, 5.41) is 16.1. The number of aliphatic hydroxyl groups is 1. The van der Waals surface area contributed by atoms with E-state index in [1.54, 1.807) is 7.11 Å². The van der Waals surface area contributed by atoms with E-state index in [4.69, 9.17) is 4.74 Å². The van der Waals surface area contributed by atoms with Gasteiger partial charge in [0.15, 0.2) is 0 Å². The first-order valence-electron chi connectivity index (χ1n) is 12.8. The lowest BCUT2D eigenvalue weighted by molar-refractivity contribution is -0.121. The highest BCUT2D eigenvalue weighted by atomic mass is 16.5. The van der Waals surface area contributed by atoms with E-state index in [0.29, 0.717) is 54.6 Å². The van der Waals surface area contributed by atoms with Crippen LogP contribution in [0.4, 0.5) is 17.8 Å². The topological polar surface area (TPSA) is 142 Å². The van der Waals surface area contributed by atoms with Crippen molar-refractivity contribution in [1.82, 2.24) is 35.1 Å². The summed E-state index contributed by atoms with van der Waals surface area (Å²) in [5.41, 5.74) is 1.23. The Kier molecular flexibility index (Phi) is 8.81. The summed E-state index contributed by atoms with van der Waals surface area (Å²) in [6.45, 7) is 5.33. The lowest BCUT2D eigenvalue weighted by atomic mass is 10.1. The molecule has 1 amide bonds. The first-order valence-corrected chi connectivity index (χ1v) is 12.8. The van der Waals surface area contributed by atoms with E-state index in [1.165, 1.54) is 0 Å². The van der Waals surface area contributed by atoms with Gasteiger partial charge in [-0.15, -0.1) is 0 Å². The van der Waals surface area contributed by atoms with Crippen molar-refractivity contribution >= 4 is 23.8 Å². The molecule has 0 aromatic carbocycles. The number of amides is 1. The van der Waals surface area contributed by atoms with E-state index in [2.05, 4.69) is 52.4 Å². The van der Waals surface area contributed by atoms with E-state index < -0.39 is 0 Å². The molecule has 1 saturated carbocycles. The molecule has 2 aliphatic rings. The highest BCUT2D eigenvalue weighted by Crippen LogP contribution is 2.25. The van der Waals surface area contributed by atoms with Gasteiger partial charge in [-0.25, -0.2) is 4.98 Å². The number of aromatic nitrogens is 5. The van der Waals surface area contributed by atoms with Gasteiger partial charge in [0.2, 0.25) is 29.6 Å². The van der Waals surface area contributed by atoms with Crippen LogP contribution in [0.25, 0.3) is 0 Å². The summed E-state index contributed by atoms with van der Waals surface area (Å²) < 4.78 is 5.53. The molecule has 196 valence electrons. The lowest BCUT2D eigenvalue weighted by Gasteiger charge is -2.32. The molecule has 36 heavy (non-hydrogen) atoms. The van der Waals surface area contributed by atoms with Gasteiger partial charge in [0, 0.05) is 50.6 Å². The van der Waals surface area contributed by atoms with Crippen molar-refractivity contribution in [2.24, 2.45) is 0 Å². The minimum atomic E-state index is -0.255. The van der Waals surface area contributed by atoms with Gasteiger partial charge in [-0.1, -0.05) is 6.92 Å². The van der Waals surface area contributed by atoms with Gasteiger partial charge < -0.3 is 25.0 Å². The Bertz CT molecular complexity index is 1010. The van der Waals surface area contributed by atoms with Crippen LogP contribution in [0.3, 0.4) is 0 Å². The maximum absolute atomic E-state index is 11.9. The van der Waals surface area contributed by atoms with Gasteiger partial charge in [-0.2, -0.15) is 19.9 Å². The van der Waals surface area contributed by atoms with Gasteiger partial charge in [-0.3, -0.25) is 10.1 Å². The van der Waals surface area contributed by atoms with E-state index in [1.807, 2.05) is 6.92 Å². The van der Waals surface area contributed by atoms with Crippen molar-refractivity contribution in [2.75, 3.05) is 50.6 Å². The summed E-state index contributed by atoms with van der Waals surface area (Å²) in [6.07, 6.45) is 5.44. The average molecular weight is 500 g/mol. The van der Waals surface area contributed by atoms with E-state index >= 15 is 0 Å². The molecule has 0 spiro atoms. The van der Waals surface area contributed by atoms with Crippen molar-refractivity contribution < 1.29 is 14.6 Å². The highest BCUT2D eigenvalue weighted by Gasteiger charge is 2.23. The number of hydrogen-bond donors (Lipinski definition) is 3. The van der Waals surface area contributed by atoms with Crippen molar-refractivity contribution in [3.05, 3.63) is 17.1 Å². The van der Waals surface area contributed by atoms with Crippen LogP contribution in [0.2, 0.25) is 0 Å². The fourth-order valence-corrected chi connectivity index (χ4v) is 4.10. The number of nitrogens with one attached hydrogen (secondary N) is 2. The standard InChI is InChI=1S/C24H37N9O3/c1-4-19-27-23(31-24(28-19)33-13-11-32(2)12-14-33)30-22-26-18(15-34)17(21(29-22)36-3)7-5-6-8-20(35)25-16-9-10-16/h16,34H,4-15H2,1-3H3,(H,25,35)(H,26,27,28,29,30,31). The maximum atomic E-state index is 11.9. The molecule has 3 heterocycles. The summed E-state index contributed by atoms with van der Waals surface area (Å²) in [4.78, 5) is 39.1. The molecule has 1 aliphatic carbocycles. The zero-order chi connectivity index (χ0) is 25.5. The van der Waals surface area contributed by atoms with Crippen LogP contribution in [-0.4, -0.2) is 87.2 Å². The number of piperazine rings is 1. The van der Waals surface area contributed by atoms with E-state index in [-0.39, 0.29) is 18.5 Å². The molecular formula is C24H37N9O3. The van der Waals surface area contributed by atoms with Crippen LogP contribution in [0, 0.1) is 0 Å². The van der Waals surface area contributed by atoms with Crippen molar-refractivity contribution in [2.45, 2.75) is 64.5 Å². The average Bonchev–Trinajstić information content (AvgIpc) is 3.70. The Balaban J connectivity index is 1.45. The predicted molar refractivity (Wildman–Crippen MR) is 135 cm³/mol. The predicted octanol–water partition coefficient (Wildman–Crippen LogP) is 1.21. The maximum Gasteiger partial charge on any atom is 0.234 e. The van der Waals surface area contributed by atoms with Crippen molar-refractivity contribution in [3.63, 3.8) is 0 Å². The number of ether oxygens (including phenoxy) is 1. The molecule has 12 nitrogen and oxygen atoms in total. The number of unbranched alkanes of at least 4 members (excludes halogenated alkanes) is 1. The van der Waals surface area contributed by atoms with Crippen LogP contribution in [-0.2, 0) is 24.2 Å². The molecule has 3 N–H and O–H groups in total. The fraction of sp³-hybridized carbons (Fsp3) is 0.667. The minimum absolute atomic E-state index is 0.0994. The Morgan fingerprint density at radius 1 is 1.06 bits per heavy atom. The zero-order valence-electron chi connectivity index (χ0n) is 21.5. The van der Waals surface area contributed by atoms with Gasteiger partial charge in [-0.05, 0) is 39.2 Å². The van der Waals surface area contributed by atoms with E-state index in [0.717, 1.165) is 57.4 Å². The number of rotatable bonds is 12. The van der Waals surface area contributed by atoms with Gasteiger partial charge in [0.1, 0.15) is 5.82 Å². The largest absolute Gasteiger partial charge is 0.481 e. The van der Waals surface area contributed by atoms with Crippen LogP contribution >= 0.6 is 0 Å². The molecule has 12 heteroatoms. The second-order valence-electron chi connectivity index (χ2n) is 9.33. The molecule has 0 unspecified atom stereocenters. The first kappa shape index (κ1) is 26.0. The number of likely N-dealkylation sites (N-methyl/N-ethyl adjacent to an activating group) is 1. The number of hydrogen-bond acceptors (Lipinski definition) is 11. The smallest absolute Gasteiger partial charge is 0.234 e. The quantitative estimate of drug-likeness (QED) is 0.363. The third kappa shape index (κ3) is 6.97. The number of anilines is 3. The molecular weight excluding hydrogens is 462 g/mol. The van der Waals surface area contributed by atoms with Crippen LogP contribution < -0.4 is 20.3 Å². The molecule has 0 atom stereocenters. The molecule has 2 aromatic rings. The number of carbonyl (C=O) groups is 1. The summed E-state index contributed by atoms with van der Waals surface area (Å²) in [6, 6.07) is 0.377. The second-order valence-corrected chi connectivity index (χ2v) is 9.33. The van der Waals surface area contributed by atoms with Gasteiger partial charge >= 0.3 is 0 Å². The normalized spacial score (nSPS) is 16.2. The Morgan fingerprint density at radius 2 is 1.81 bits per heavy atom. The Labute approximate surface area is 211 Å². The molecule has 2 aromatic heterocycles. The molecule has 1 saturated heterocycles. The van der Waals surface area contributed by atoms with Crippen LogP contribution in [0.1, 0.15) is 56.1 Å². The monoisotopic (exact) mass is 499 g/mol. The molecule has 2 fully saturated rings. The zero-order valence-corrected chi connectivity index (χ0v) is 21.5. The number of aliphatic hydroxyl groups excluding tert-OH is 1. The van der Waals surface area contributed by atoms with Crippen molar-refractivity contribution in [3.8, 4) is 5.88 Å². The molecule has 0 bridgehead atoms. The first-order chi connectivity index (χ1) is 17.5. The van der Waals surface area contributed by atoms with Crippen molar-refractivity contribution in [1.29, 1.82) is 0 Å². The molecule has 1 aliphatic heterocycles. The third-order valence-electron chi connectivity index (χ3n) is 6.42. The molecule has 4 rings (SSSR count). The minimum Gasteiger partial charge on any atom is -0.481 e. The van der Waals surface area contributed by atoms with E-state index in [9.17, 15) is 9.90 Å². The van der Waals surface area contributed by atoms with Crippen LogP contribution in [0.15, 0.2) is 0 Å². The molecule has 0 radical (unpaired) electrons. The number of methoxy groups -OCH3 is 1. The fourth-order valence-electron chi connectivity index (χ4n) is 4.10. The summed E-state index contributed by atoms with van der Waals surface area (Å²) >= 11 is 0. The number of nitrogens with zero attached hydrogens (tertiary/aromatic N) is 7. The van der Waals surface area contributed by atoms with Crippen LogP contribution in [0.5, 0.6) is 5.88 Å². The Morgan fingerprint density at radius 3 is 2.47 bits per heavy atom. The highest BCUT2D eigenvalue weighted by molar-refractivity contribution is 5.76. The third-order valence-corrected chi connectivity index (χ3v) is 6.42. The summed E-state index contributed by atoms with van der Waals surface area (Å²) in [7, 11) is 3.65. The lowest BCUT2D eigenvalue weighted by Crippen LogP contribution is -2.45. The number of carbonyl (C=O) groups excluding carboxylic acids is 1. The SMILES string of the molecule is CCc1nc(Nc2nc(CO)c(CCCCC(=O)NC3CC3)c(OC)n2)nc(N2CCN(C)CC2)n1. The van der Waals surface area contributed by atoms with Gasteiger partial charge in [0.25, 0.3) is 0 Å². The number of aryl methyl sites for hydroxylation is 1. The summed E-state index contributed by atoms with van der Waals surface area (Å²) in [5.74, 6) is 2.41. The second kappa shape index (κ2) is 12.2.